The number of esters is 1. The van der Waals surface area contributed by atoms with Crippen molar-refractivity contribution in [2.24, 2.45) is 11.3 Å². The molecule has 17 heteroatoms. The summed E-state index contributed by atoms with van der Waals surface area (Å²) in [6.45, 7) is 16.9. The van der Waals surface area contributed by atoms with Crippen LogP contribution < -0.4 is 16.1 Å². The van der Waals surface area contributed by atoms with E-state index in [-0.39, 0.29) is 43.4 Å². The van der Waals surface area contributed by atoms with Crippen LogP contribution in [0.2, 0.25) is 0 Å². The molecule has 3 N–H and O–H groups in total. The minimum atomic E-state index is -1.08. The highest BCUT2D eigenvalue weighted by atomic mass is 32.1. The number of aromatic nitrogens is 3. The van der Waals surface area contributed by atoms with Gasteiger partial charge in [-0.15, -0.1) is 11.3 Å². The molecule has 2 fully saturated rings. The summed E-state index contributed by atoms with van der Waals surface area (Å²) in [5, 5.41) is 11.2. The van der Waals surface area contributed by atoms with Gasteiger partial charge in [-0.25, -0.2) is 15.2 Å². The number of hydrogen-bond acceptors (Lipinski definition) is 11. The van der Waals surface area contributed by atoms with Gasteiger partial charge >= 0.3 is 12.0 Å². The van der Waals surface area contributed by atoms with E-state index in [1.807, 2.05) is 31.5 Å². The van der Waals surface area contributed by atoms with E-state index in [2.05, 4.69) is 79.5 Å². The zero-order chi connectivity index (χ0) is 46.9. The lowest BCUT2D eigenvalue weighted by molar-refractivity contribution is -0.155. The number of amides is 5. The SMILES string of the molecule is CCn1c(-c2cccnc2C(C)C)c2c3cc(ccc31)-c1csc(n1)C[C@H](NC(=O)[C@H](C(C)C)N(C)C(=O)N(C)CCN(C)C(=O)[C@H]1CN1)C(=O)N1CCC[C@H](N1)C(=O)OCC(C)(C)C2. The molecule has 4 atom stereocenters. The van der Waals surface area contributed by atoms with E-state index in [0.29, 0.717) is 43.9 Å². The van der Waals surface area contributed by atoms with Gasteiger partial charge in [0.25, 0.3) is 5.91 Å². The number of hydrogen-bond donors (Lipinski definition) is 3. The number of nitrogens with one attached hydrogen (secondary N) is 3. The van der Waals surface area contributed by atoms with Crippen LogP contribution in [-0.4, -0.2) is 142 Å². The number of cyclic esters (lactones) is 1. The fourth-order valence-electron chi connectivity index (χ4n) is 9.17. The van der Waals surface area contributed by atoms with Crippen molar-refractivity contribution in [3.05, 3.63) is 58.2 Å². The number of urea groups is 1. The van der Waals surface area contributed by atoms with Crippen LogP contribution in [0.4, 0.5) is 4.79 Å². The van der Waals surface area contributed by atoms with Crippen molar-refractivity contribution in [3.8, 4) is 22.5 Å². The molecular formula is C48H66N10O6S. The van der Waals surface area contributed by atoms with Gasteiger partial charge in [-0.3, -0.25) is 29.2 Å². The van der Waals surface area contributed by atoms with E-state index in [4.69, 9.17) is 14.7 Å². The molecule has 2 saturated heterocycles. The Morgan fingerprint density at radius 2 is 1.80 bits per heavy atom. The first-order valence-electron chi connectivity index (χ1n) is 22.9. The summed E-state index contributed by atoms with van der Waals surface area (Å²) in [7, 11) is 4.92. The van der Waals surface area contributed by atoms with Crippen molar-refractivity contribution < 1.29 is 28.7 Å². The van der Waals surface area contributed by atoms with E-state index in [1.165, 1.54) is 26.1 Å². The van der Waals surface area contributed by atoms with Gasteiger partial charge in [0.1, 0.15) is 18.1 Å². The molecule has 65 heavy (non-hydrogen) atoms. The molecule has 16 nitrogen and oxygen atoms in total. The van der Waals surface area contributed by atoms with Crippen LogP contribution in [0.15, 0.2) is 41.9 Å². The molecule has 0 aliphatic carbocycles. The molecule has 3 aliphatic rings. The van der Waals surface area contributed by atoms with Crippen LogP contribution in [0.3, 0.4) is 0 Å². The van der Waals surface area contributed by atoms with Gasteiger partial charge in [-0.1, -0.05) is 47.6 Å². The number of pyridine rings is 1. The number of likely N-dealkylation sites (N-methyl/N-ethyl adjacent to an activating group) is 3. The summed E-state index contributed by atoms with van der Waals surface area (Å²) in [4.78, 5) is 83.6. The molecule has 6 bridgehead atoms. The predicted molar refractivity (Wildman–Crippen MR) is 252 cm³/mol. The maximum Gasteiger partial charge on any atom is 0.324 e. The second kappa shape index (κ2) is 19.6. The number of thiazole rings is 1. The lowest BCUT2D eigenvalue weighted by Gasteiger charge is -2.37. The molecule has 7 rings (SSSR count). The highest BCUT2D eigenvalue weighted by Crippen LogP contribution is 2.42. The van der Waals surface area contributed by atoms with Crippen LogP contribution in [0.5, 0.6) is 0 Å². The third-order valence-electron chi connectivity index (χ3n) is 12.8. The third kappa shape index (κ3) is 10.4. The number of nitrogens with zero attached hydrogens (tertiary/aromatic N) is 7. The Balaban J connectivity index is 1.23. The standard InChI is InChI=1S/C48H66N10O6S/c1-11-57-38-17-16-30-22-32(38)33(42(57)31-14-12-18-49-40(31)28(2)3)24-48(6,7)27-64-46(62)34-15-13-19-58(53-34)45(61)35(23-39-51-37(30)26-65-39)52-43(59)41(29(4)5)56(10)47(63)55(9)21-20-54(8)44(60)36-25-50-36/h12,14,16-18,22,26,28-29,34-36,41,50,53H,11,13,15,19-21,23-25,27H2,1-10H3,(H,52,59)/t34-,35-,36+,41-/m0/s1. The number of fused-ring (bicyclic) bond motifs is 6. The van der Waals surface area contributed by atoms with E-state index < -0.39 is 47.4 Å². The van der Waals surface area contributed by atoms with Crippen LogP contribution >= 0.6 is 11.3 Å². The van der Waals surface area contributed by atoms with Crippen LogP contribution in [-0.2, 0) is 43.3 Å². The zero-order valence-corrected chi connectivity index (χ0v) is 40.4. The minimum absolute atomic E-state index is 0.0244. The lowest BCUT2D eigenvalue weighted by atomic mass is 9.84. The maximum atomic E-state index is 14.6. The van der Waals surface area contributed by atoms with Gasteiger partial charge < -0.3 is 34.6 Å². The van der Waals surface area contributed by atoms with Crippen molar-refractivity contribution in [2.45, 2.75) is 111 Å². The van der Waals surface area contributed by atoms with Crippen LogP contribution in [0, 0.1) is 11.3 Å². The van der Waals surface area contributed by atoms with E-state index in [9.17, 15) is 24.0 Å². The Morgan fingerprint density at radius 1 is 1.06 bits per heavy atom. The van der Waals surface area contributed by atoms with Crippen molar-refractivity contribution in [2.75, 3.05) is 53.9 Å². The maximum absolute atomic E-state index is 14.6. The van der Waals surface area contributed by atoms with E-state index in [0.717, 1.165) is 51.2 Å². The topological polar surface area (TPSA) is 184 Å². The largest absolute Gasteiger partial charge is 0.464 e. The fourth-order valence-corrected chi connectivity index (χ4v) is 10.0. The molecule has 6 heterocycles. The summed E-state index contributed by atoms with van der Waals surface area (Å²) in [5.41, 5.74) is 9.77. The van der Waals surface area contributed by atoms with Crippen molar-refractivity contribution in [1.82, 2.24) is 50.3 Å². The number of hydrazine groups is 1. The Bertz CT molecular complexity index is 2420. The molecule has 4 aromatic rings. The van der Waals surface area contributed by atoms with Gasteiger partial charge in [-0.05, 0) is 67.9 Å². The van der Waals surface area contributed by atoms with Gasteiger partial charge in [0.2, 0.25) is 11.8 Å². The van der Waals surface area contributed by atoms with Crippen LogP contribution in [0.1, 0.15) is 83.5 Å². The van der Waals surface area contributed by atoms with Crippen molar-refractivity contribution in [3.63, 3.8) is 0 Å². The van der Waals surface area contributed by atoms with Gasteiger partial charge in [0, 0.05) is 99.3 Å². The summed E-state index contributed by atoms with van der Waals surface area (Å²) in [5.74, 6) is -1.52. The molecule has 0 unspecified atom stereocenters. The number of carbonyl (C=O) groups excluding carboxylic acids is 5. The van der Waals surface area contributed by atoms with Gasteiger partial charge in [0.05, 0.1) is 34.7 Å². The summed E-state index contributed by atoms with van der Waals surface area (Å²) < 4.78 is 8.47. The molecular weight excluding hydrogens is 845 g/mol. The first kappa shape index (κ1) is 47.6. The fraction of sp³-hybridized carbons (Fsp3) is 0.562. The van der Waals surface area contributed by atoms with Gasteiger partial charge in [-0.2, -0.15) is 0 Å². The number of carbonyl (C=O) groups is 5. The summed E-state index contributed by atoms with van der Waals surface area (Å²) >= 11 is 1.41. The quantitative estimate of drug-likeness (QED) is 0.136. The van der Waals surface area contributed by atoms with E-state index >= 15 is 0 Å². The number of ether oxygens (including phenoxy) is 1. The monoisotopic (exact) mass is 910 g/mol. The third-order valence-corrected chi connectivity index (χ3v) is 13.6. The average molecular weight is 911 g/mol. The first-order valence-corrected chi connectivity index (χ1v) is 23.8. The lowest BCUT2D eigenvalue weighted by Crippen LogP contribution is -2.62. The van der Waals surface area contributed by atoms with Gasteiger partial charge in [0.15, 0.2) is 0 Å². The number of rotatable bonds is 11. The van der Waals surface area contributed by atoms with Crippen LogP contribution in [0.25, 0.3) is 33.4 Å². The second-order valence-corrected chi connectivity index (χ2v) is 20.2. The number of aryl methyl sites for hydroxylation is 1. The molecule has 3 aliphatic heterocycles. The Kier molecular flexibility index (Phi) is 14.3. The second-order valence-electron chi connectivity index (χ2n) is 19.3. The predicted octanol–water partition coefficient (Wildman–Crippen LogP) is 5.06. The Morgan fingerprint density at radius 3 is 2.49 bits per heavy atom. The molecule has 3 aromatic heterocycles. The first-order chi connectivity index (χ1) is 30.9. The smallest absolute Gasteiger partial charge is 0.324 e. The minimum Gasteiger partial charge on any atom is -0.464 e. The Hall–Kier alpha value is -5.39. The molecule has 1 aromatic carbocycles. The molecule has 0 spiro atoms. The molecule has 0 radical (unpaired) electrons. The summed E-state index contributed by atoms with van der Waals surface area (Å²) in [6.07, 6.45) is 3.57. The van der Waals surface area contributed by atoms with Crippen molar-refractivity contribution in [1.29, 1.82) is 0 Å². The highest BCUT2D eigenvalue weighted by Gasteiger charge is 2.39. The Labute approximate surface area is 386 Å². The van der Waals surface area contributed by atoms with E-state index in [1.54, 1.807) is 26.0 Å². The average Bonchev–Trinajstić information content (AvgIpc) is 3.96. The number of benzene rings is 1. The highest BCUT2D eigenvalue weighted by molar-refractivity contribution is 7.10. The van der Waals surface area contributed by atoms with Crippen molar-refractivity contribution >= 4 is 52.0 Å². The molecule has 5 amide bonds. The molecule has 350 valence electrons. The normalized spacial score (nSPS) is 20.3. The zero-order valence-electron chi connectivity index (χ0n) is 39.6. The molecule has 0 saturated carbocycles. The summed E-state index contributed by atoms with van der Waals surface area (Å²) in [6, 6.07) is 7.21.